The van der Waals surface area contributed by atoms with Crippen LogP contribution >= 0.6 is 15.6 Å². The quantitative estimate of drug-likeness (QED) is 0.0169. The summed E-state index contributed by atoms with van der Waals surface area (Å²) in [6.07, 6.45) is 42.6. The molecule has 0 aromatic rings. The summed E-state index contributed by atoms with van der Waals surface area (Å²) in [5, 5.41) is 10.5. The number of carbonyl (C=O) groups excluding carboxylic acids is 4. The summed E-state index contributed by atoms with van der Waals surface area (Å²) in [5.74, 6) is -1.44. The third-order valence-electron chi connectivity index (χ3n) is 14.3. The minimum Gasteiger partial charge on any atom is -0.462 e. The van der Waals surface area contributed by atoms with E-state index in [-0.39, 0.29) is 25.7 Å². The molecular weight excluding hydrogens is 1090 g/mol. The van der Waals surface area contributed by atoms with Crippen LogP contribution in [0.3, 0.4) is 0 Å². The molecule has 0 spiro atoms. The number of aliphatic hydroxyl groups is 1. The van der Waals surface area contributed by atoms with Crippen molar-refractivity contribution in [1.82, 2.24) is 0 Å². The third kappa shape index (κ3) is 55.4. The van der Waals surface area contributed by atoms with Gasteiger partial charge in [0.1, 0.15) is 19.3 Å². The van der Waals surface area contributed by atoms with Gasteiger partial charge in [-0.05, 0) is 57.3 Å². The molecular formula is C63H118O17P2. The Bertz CT molecular complexity index is 1690. The summed E-state index contributed by atoms with van der Waals surface area (Å²) in [7, 11) is -9.89. The Labute approximate surface area is 497 Å². The van der Waals surface area contributed by atoms with Gasteiger partial charge >= 0.3 is 39.5 Å². The minimum absolute atomic E-state index is 0.0840. The molecule has 0 radical (unpaired) electrons. The Morgan fingerprint density at radius 1 is 0.390 bits per heavy atom. The van der Waals surface area contributed by atoms with Crippen LogP contribution in [0.4, 0.5) is 0 Å². The van der Waals surface area contributed by atoms with Crippen LogP contribution in [-0.2, 0) is 65.4 Å². The first-order valence-corrected chi connectivity index (χ1v) is 35.5. The van der Waals surface area contributed by atoms with E-state index in [1.165, 1.54) is 89.9 Å². The third-order valence-corrected chi connectivity index (χ3v) is 16.2. The van der Waals surface area contributed by atoms with Crippen molar-refractivity contribution in [2.75, 3.05) is 39.6 Å². The molecule has 482 valence electrons. The van der Waals surface area contributed by atoms with E-state index in [0.717, 1.165) is 121 Å². The molecule has 0 fully saturated rings. The maximum absolute atomic E-state index is 13.0. The lowest BCUT2D eigenvalue weighted by molar-refractivity contribution is -0.161. The highest BCUT2D eigenvalue weighted by molar-refractivity contribution is 7.47. The lowest BCUT2D eigenvalue weighted by Crippen LogP contribution is -2.30. The zero-order valence-electron chi connectivity index (χ0n) is 52.1. The molecule has 0 aliphatic carbocycles. The standard InChI is InChI=1S/C63H118O17P2/c1-6-10-13-16-19-22-23-24-25-26-27-29-32-39-44-49-63(68)80-59(53-74-61(66)47-42-37-34-33-35-40-45-56(5)9-4)55-78-82(71,72)76-51-57(64)50-75-81(69,70)77-54-58(52-73-60(65)46-41-36-30-21-18-15-12-8-3)79-62(67)48-43-38-31-28-20-17-14-11-7-2/h22-25,56-59,64H,6-21,26-55H2,1-5H3,(H,69,70)(H,71,72)/b23-22-,25-24-/t56?,57-,58+,59+/m0/s1. The van der Waals surface area contributed by atoms with E-state index in [9.17, 15) is 43.2 Å². The predicted octanol–water partition coefficient (Wildman–Crippen LogP) is 17.0. The maximum Gasteiger partial charge on any atom is 0.472 e. The molecule has 3 N–H and O–H groups in total. The van der Waals surface area contributed by atoms with Gasteiger partial charge in [0.05, 0.1) is 26.4 Å². The van der Waals surface area contributed by atoms with Gasteiger partial charge in [-0.25, -0.2) is 9.13 Å². The average molecular weight is 1210 g/mol. The fourth-order valence-corrected chi connectivity index (χ4v) is 10.4. The summed E-state index contributed by atoms with van der Waals surface area (Å²) in [5.41, 5.74) is 0. The number of hydrogen-bond acceptors (Lipinski definition) is 15. The normalized spacial score (nSPS) is 14.8. The second-order valence-corrected chi connectivity index (χ2v) is 25.3. The summed E-state index contributed by atoms with van der Waals surface area (Å²) in [4.78, 5) is 72.0. The van der Waals surface area contributed by atoms with Crippen LogP contribution in [0.15, 0.2) is 24.3 Å². The van der Waals surface area contributed by atoms with Crippen molar-refractivity contribution in [2.24, 2.45) is 5.92 Å². The molecule has 82 heavy (non-hydrogen) atoms. The van der Waals surface area contributed by atoms with E-state index in [0.29, 0.717) is 25.7 Å². The summed E-state index contributed by atoms with van der Waals surface area (Å²) >= 11 is 0. The molecule has 0 amide bonds. The van der Waals surface area contributed by atoms with Crippen LogP contribution in [0, 0.1) is 5.92 Å². The summed E-state index contributed by atoms with van der Waals surface area (Å²) in [6, 6.07) is 0. The van der Waals surface area contributed by atoms with Crippen molar-refractivity contribution in [1.29, 1.82) is 0 Å². The number of unbranched alkanes of at least 4 members (excludes halogenated alkanes) is 29. The zero-order valence-corrected chi connectivity index (χ0v) is 53.9. The van der Waals surface area contributed by atoms with E-state index >= 15 is 0 Å². The molecule has 17 nitrogen and oxygen atoms in total. The highest BCUT2D eigenvalue weighted by Gasteiger charge is 2.30. The van der Waals surface area contributed by atoms with Gasteiger partial charge in [0, 0.05) is 25.7 Å². The fourth-order valence-electron chi connectivity index (χ4n) is 8.83. The van der Waals surface area contributed by atoms with Gasteiger partial charge in [-0.1, -0.05) is 239 Å². The van der Waals surface area contributed by atoms with Gasteiger partial charge in [-0.2, -0.15) is 0 Å². The predicted molar refractivity (Wildman–Crippen MR) is 326 cm³/mol. The second-order valence-electron chi connectivity index (χ2n) is 22.4. The number of rotatable bonds is 61. The molecule has 0 aliphatic rings. The SMILES string of the molecule is CCCCCC/C=C\C=C/CCCCCCCC(=O)O[C@H](COC(=O)CCCCCCCCC(C)CC)COP(=O)(O)OC[C@@H](O)COP(=O)(O)OC[C@@H](COC(=O)CCCCCCCCCC)OC(=O)CCCCCCCCCCC. The highest BCUT2D eigenvalue weighted by atomic mass is 31.2. The second kappa shape index (κ2) is 56.4. The lowest BCUT2D eigenvalue weighted by Gasteiger charge is -2.21. The summed E-state index contributed by atoms with van der Waals surface area (Å²) < 4.78 is 67.8. The molecule has 0 saturated heterocycles. The van der Waals surface area contributed by atoms with Crippen LogP contribution in [0.5, 0.6) is 0 Å². The van der Waals surface area contributed by atoms with Crippen LogP contribution in [-0.4, -0.2) is 96.7 Å². The Hall–Kier alpha value is -2.46. The lowest BCUT2D eigenvalue weighted by atomic mass is 10.00. The molecule has 6 atom stereocenters. The van der Waals surface area contributed by atoms with Crippen molar-refractivity contribution in [2.45, 2.75) is 310 Å². The van der Waals surface area contributed by atoms with Gasteiger partial charge in [0.15, 0.2) is 12.2 Å². The van der Waals surface area contributed by atoms with Gasteiger partial charge in [0.2, 0.25) is 0 Å². The number of esters is 4. The Morgan fingerprint density at radius 2 is 0.683 bits per heavy atom. The van der Waals surface area contributed by atoms with E-state index < -0.39 is 97.5 Å². The van der Waals surface area contributed by atoms with Crippen LogP contribution in [0.2, 0.25) is 0 Å². The van der Waals surface area contributed by atoms with Gasteiger partial charge in [-0.3, -0.25) is 37.3 Å². The van der Waals surface area contributed by atoms with Crippen LogP contribution in [0.1, 0.15) is 291 Å². The van der Waals surface area contributed by atoms with Gasteiger partial charge in [0.25, 0.3) is 0 Å². The first-order chi connectivity index (χ1) is 39.6. The van der Waals surface area contributed by atoms with Crippen LogP contribution < -0.4 is 0 Å². The first-order valence-electron chi connectivity index (χ1n) is 32.5. The number of allylic oxidation sites excluding steroid dienone is 4. The van der Waals surface area contributed by atoms with E-state index in [2.05, 4.69) is 58.9 Å². The summed E-state index contributed by atoms with van der Waals surface area (Å²) in [6.45, 7) is 7.03. The molecule has 0 bridgehead atoms. The number of aliphatic hydroxyl groups excluding tert-OH is 1. The maximum atomic E-state index is 13.0. The van der Waals surface area contributed by atoms with E-state index in [1.54, 1.807) is 0 Å². The Balaban J connectivity index is 5.26. The molecule has 19 heteroatoms. The van der Waals surface area contributed by atoms with Crippen molar-refractivity contribution in [3.63, 3.8) is 0 Å². The largest absolute Gasteiger partial charge is 0.472 e. The van der Waals surface area contributed by atoms with Crippen molar-refractivity contribution in [3.8, 4) is 0 Å². The molecule has 0 saturated carbocycles. The van der Waals surface area contributed by atoms with E-state index in [1.807, 2.05) is 0 Å². The smallest absolute Gasteiger partial charge is 0.462 e. The molecule has 0 heterocycles. The Morgan fingerprint density at radius 3 is 1.04 bits per heavy atom. The van der Waals surface area contributed by atoms with Crippen molar-refractivity contribution < 1.29 is 80.2 Å². The van der Waals surface area contributed by atoms with Crippen molar-refractivity contribution >= 4 is 39.5 Å². The average Bonchev–Trinajstić information content (AvgIpc) is 3.45. The number of ether oxygens (including phenoxy) is 4. The number of phosphoric ester groups is 2. The highest BCUT2D eigenvalue weighted by Crippen LogP contribution is 2.45. The monoisotopic (exact) mass is 1210 g/mol. The molecule has 0 aromatic carbocycles. The van der Waals surface area contributed by atoms with Gasteiger partial charge < -0.3 is 33.8 Å². The Kier molecular flexibility index (Phi) is 54.7. The van der Waals surface area contributed by atoms with E-state index in [4.69, 9.17) is 37.0 Å². The molecule has 0 rings (SSSR count). The minimum atomic E-state index is -4.95. The van der Waals surface area contributed by atoms with Crippen molar-refractivity contribution in [3.05, 3.63) is 24.3 Å². The number of carbonyl (C=O) groups is 4. The fraction of sp³-hybridized carbons (Fsp3) is 0.873. The number of hydrogen-bond donors (Lipinski definition) is 3. The molecule has 0 aromatic heterocycles. The topological polar surface area (TPSA) is 237 Å². The zero-order chi connectivity index (χ0) is 60.6. The number of phosphoric acid groups is 2. The molecule has 0 aliphatic heterocycles. The molecule has 3 unspecified atom stereocenters. The first kappa shape index (κ1) is 79.5. The van der Waals surface area contributed by atoms with Gasteiger partial charge in [-0.15, -0.1) is 0 Å². The van der Waals surface area contributed by atoms with Crippen LogP contribution in [0.25, 0.3) is 0 Å².